The minimum atomic E-state index is -0.417. The quantitative estimate of drug-likeness (QED) is 0.732. The van der Waals surface area contributed by atoms with E-state index in [2.05, 4.69) is 4.98 Å². The number of hydrogen-bond acceptors (Lipinski definition) is 1. The van der Waals surface area contributed by atoms with E-state index in [1.807, 2.05) is 22.6 Å². The molecular formula is C11H6F2IN. The lowest BCUT2D eigenvalue weighted by Gasteiger charge is -2.04. The zero-order valence-electron chi connectivity index (χ0n) is 7.55. The van der Waals surface area contributed by atoms with Crippen LogP contribution >= 0.6 is 22.6 Å². The van der Waals surface area contributed by atoms with Crippen LogP contribution in [-0.4, -0.2) is 4.98 Å². The first-order valence-corrected chi connectivity index (χ1v) is 5.32. The Balaban J connectivity index is 2.60. The lowest BCUT2D eigenvalue weighted by Crippen LogP contribution is -1.92. The summed E-state index contributed by atoms with van der Waals surface area (Å²) in [4.78, 5) is 3.89. The van der Waals surface area contributed by atoms with Gasteiger partial charge in [-0.05, 0) is 40.8 Å². The normalized spacial score (nSPS) is 10.3. The first-order chi connectivity index (χ1) is 7.18. The van der Waals surface area contributed by atoms with Gasteiger partial charge >= 0.3 is 0 Å². The van der Waals surface area contributed by atoms with Crippen LogP contribution in [-0.2, 0) is 0 Å². The van der Waals surface area contributed by atoms with Crippen LogP contribution < -0.4 is 0 Å². The molecule has 0 unspecified atom stereocenters. The summed E-state index contributed by atoms with van der Waals surface area (Å²) >= 11 is 1.94. The van der Waals surface area contributed by atoms with Gasteiger partial charge in [0.15, 0.2) is 0 Å². The van der Waals surface area contributed by atoms with E-state index >= 15 is 0 Å². The van der Waals surface area contributed by atoms with Gasteiger partial charge < -0.3 is 0 Å². The van der Waals surface area contributed by atoms with Crippen LogP contribution in [0.5, 0.6) is 0 Å². The molecule has 1 heterocycles. The fraction of sp³-hybridized carbons (Fsp3) is 0. The van der Waals surface area contributed by atoms with Crippen molar-refractivity contribution in [2.24, 2.45) is 0 Å². The first kappa shape index (κ1) is 10.5. The second kappa shape index (κ2) is 4.22. The van der Waals surface area contributed by atoms with Gasteiger partial charge in [0.25, 0.3) is 0 Å². The van der Waals surface area contributed by atoms with Gasteiger partial charge in [0.1, 0.15) is 11.6 Å². The van der Waals surface area contributed by atoms with E-state index in [1.165, 1.54) is 12.1 Å². The molecule has 0 atom stereocenters. The van der Waals surface area contributed by atoms with E-state index in [-0.39, 0.29) is 5.82 Å². The molecule has 0 spiro atoms. The Kier molecular flexibility index (Phi) is 2.95. The molecule has 0 fully saturated rings. The number of aromatic nitrogens is 1. The number of pyridine rings is 1. The van der Waals surface area contributed by atoms with Crippen LogP contribution in [0, 0.1) is 15.2 Å². The summed E-state index contributed by atoms with van der Waals surface area (Å²) in [5.74, 6) is -0.769. The fourth-order valence-corrected chi connectivity index (χ4v) is 1.99. The summed E-state index contributed by atoms with van der Waals surface area (Å²) in [5.41, 5.74) is 0.858. The third-order valence-electron chi connectivity index (χ3n) is 1.94. The summed E-state index contributed by atoms with van der Waals surface area (Å²) in [7, 11) is 0. The maximum absolute atomic E-state index is 13.4. The Labute approximate surface area is 99.3 Å². The Morgan fingerprint density at radius 1 is 1.13 bits per heavy atom. The van der Waals surface area contributed by atoms with Crippen molar-refractivity contribution in [3.63, 3.8) is 0 Å². The molecular weight excluding hydrogens is 311 g/mol. The molecule has 4 heteroatoms. The molecule has 76 valence electrons. The fourth-order valence-electron chi connectivity index (χ4n) is 1.27. The van der Waals surface area contributed by atoms with Crippen LogP contribution in [0.15, 0.2) is 36.5 Å². The van der Waals surface area contributed by atoms with Crippen molar-refractivity contribution in [3.05, 3.63) is 51.7 Å². The number of nitrogens with zero attached hydrogens (tertiary/aromatic N) is 1. The second-order valence-corrected chi connectivity index (χ2v) is 4.13. The van der Waals surface area contributed by atoms with Crippen molar-refractivity contribution >= 4 is 22.6 Å². The summed E-state index contributed by atoms with van der Waals surface area (Å²) in [6.07, 6.45) is 1.09. The monoisotopic (exact) mass is 317 g/mol. The van der Waals surface area contributed by atoms with Crippen molar-refractivity contribution in [1.82, 2.24) is 4.98 Å². The van der Waals surface area contributed by atoms with Gasteiger partial charge in [0.2, 0.25) is 0 Å². The summed E-state index contributed by atoms with van der Waals surface area (Å²) < 4.78 is 26.8. The SMILES string of the molecule is Fc1cnc(-c2ccccc2F)c(I)c1. The standard InChI is InChI=1S/C11H6F2IN/c12-7-5-10(14)11(15-6-7)8-3-1-2-4-9(8)13/h1-6H. The van der Waals surface area contributed by atoms with Crippen molar-refractivity contribution in [1.29, 1.82) is 0 Å². The lowest BCUT2D eigenvalue weighted by molar-refractivity contribution is 0.618. The average Bonchev–Trinajstić information content (AvgIpc) is 2.20. The van der Waals surface area contributed by atoms with E-state index in [4.69, 9.17) is 0 Å². The molecule has 0 aliphatic heterocycles. The zero-order valence-corrected chi connectivity index (χ0v) is 9.70. The van der Waals surface area contributed by atoms with Crippen molar-refractivity contribution in [2.45, 2.75) is 0 Å². The molecule has 1 nitrogen and oxygen atoms in total. The minimum Gasteiger partial charge on any atom is -0.252 e. The molecule has 0 aliphatic carbocycles. The van der Waals surface area contributed by atoms with E-state index in [0.717, 1.165) is 6.20 Å². The van der Waals surface area contributed by atoms with E-state index in [9.17, 15) is 8.78 Å². The highest BCUT2D eigenvalue weighted by atomic mass is 127. The number of hydrogen-bond donors (Lipinski definition) is 0. The van der Waals surface area contributed by atoms with Crippen LogP contribution in [0.25, 0.3) is 11.3 Å². The molecule has 0 amide bonds. The van der Waals surface area contributed by atoms with Gasteiger partial charge in [-0.3, -0.25) is 4.98 Å². The topological polar surface area (TPSA) is 12.9 Å². The molecule has 0 N–H and O–H groups in total. The molecule has 15 heavy (non-hydrogen) atoms. The largest absolute Gasteiger partial charge is 0.252 e. The summed E-state index contributed by atoms with van der Waals surface area (Å²) in [5, 5.41) is 0. The van der Waals surface area contributed by atoms with Gasteiger partial charge in [-0.1, -0.05) is 12.1 Å². The Bertz CT molecular complexity index is 500. The highest BCUT2D eigenvalue weighted by Gasteiger charge is 2.09. The van der Waals surface area contributed by atoms with Crippen LogP contribution in [0.1, 0.15) is 0 Å². The minimum absolute atomic E-state index is 0.352. The van der Waals surface area contributed by atoms with Gasteiger partial charge in [0, 0.05) is 9.13 Å². The Morgan fingerprint density at radius 3 is 2.53 bits per heavy atom. The van der Waals surface area contributed by atoms with Crippen LogP contribution in [0.4, 0.5) is 8.78 Å². The van der Waals surface area contributed by atoms with Crippen LogP contribution in [0.2, 0.25) is 0 Å². The lowest BCUT2D eigenvalue weighted by atomic mass is 10.1. The van der Waals surface area contributed by atoms with E-state index < -0.39 is 5.82 Å². The summed E-state index contributed by atoms with van der Waals surface area (Å²) in [6.45, 7) is 0. The molecule has 0 aliphatic rings. The average molecular weight is 317 g/mol. The zero-order chi connectivity index (χ0) is 10.8. The van der Waals surface area contributed by atoms with E-state index in [1.54, 1.807) is 18.2 Å². The second-order valence-electron chi connectivity index (χ2n) is 2.96. The maximum Gasteiger partial charge on any atom is 0.142 e. The number of rotatable bonds is 1. The molecule has 2 aromatic rings. The molecule has 1 aromatic carbocycles. The van der Waals surface area contributed by atoms with Crippen molar-refractivity contribution in [3.8, 4) is 11.3 Å². The molecule has 0 saturated carbocycles. The van der Waals surface area contributed by atoms with Gasteiger partial charge in [0.05, 0.1) is 11.9 Å². The summed E-state index contributed by atoms with van der Waals surface area (Å²) in [6, 6.07) is 7.64. The molecule has 2 rings (SSSR count). The van der Waals surface area contributed by atoms with Gasteiger partial charge in [-0.15, -0.1) is 0 Å². The van der Waals surface area contributed by atoms with E-state index in [0.29, 0.717) is 14.8 Å². The molecule has 0 bridgehead atoms. The smallest absolute Gasteiger partial charge is 0.142 e. The number of benzene rings is 1. The Morgan fingerprint density at radius 2 is 1.87 bits per heavy atom. The molecule has 0 saturated heterocycles. The highest BCUT2D eigenvalue weighted by Crippen LogP contribution is 2.25. The first-order valence-electron chi connectivity index (χ1n) is 4.24. The van der Waals surface area contributed by atoms with Gasteiger partial charge in [-0.2, -0.15) is 0 Å². The van der Waals surface area contributed by atoms with Gasteiger partial charge in [-0.25, -0.2) is 8.78 Å². The maximum atomic E-state index is 13.4. The predicted molar refractivity (Wildman–Crippen MR) is 62.3 cm³/mol. The number of halogens is 3. The van der Waals surface area contributed by atoms with Crippen molar-refractivity contribution in [2.75, 3.05) is 0 Å². The third-order valence-corrected chi connectivity index (χ3v) is 2.76. The van der Waals surface area contributed by atoms with Crippen molar-refractivity contribution < 1.29 is 8.78 Å². The predicted octanol–water partition coefficient (Wildman–Crippen LogP) is 3.63. The van der Waals surface area contributed by atoms with Crippen LogP contribution in [0.3, 0.4) is 0 Å². The Hall–Kier alpha value is -1.04. The third kappa shape index (κ3) is 2.14. The highest BCUT2D eigenvalue weighted by molar-refractivity contribution is 14.1. The molecule has 0 radical (unpaired) electrons. The molecule has 1 aromatic heterocycles.